The Morgan fingerprint density at radius 3 is 2.27 bits per heavy atom. The molecule has 0 atom stereocenters. The summed E-state index contributed by atoms with van der Waals surface area (Å²) >= 11 is -1.72. The summed E-state index contributed by atoms with van der Waals surface area (Å²) in [6, 6.07) is 39.2. The second-order valence-corrected chi connectivity index (χ2v) is 22.2. The van der Waals surface area contributed by atoms with Crippen molar-refractivity contribution in [2.75, 3.05) is 0 Å². The van der Waals surface area contributed by atoms with Crippen LogP contribution in [0.4, 0.5) is 4.39 Å². The molecule has 221 valence electrons. The molecule has 44 heavy (non-hydrogen) atoms. The molecule has 0 saturated carbocycles. The van der Waals surface area contributed by atoms with E-state index in [0.29, 0.717) is 0 Å². The molecule has 3 nitrogen and oxygen atoms in total. The number of aryl methyl sites for hydroxylation is 1. The summed E-state index contributed by atoms with van der Waals surface area (Å²) in [6.45, 7) is 2.04. The van der Waals surface area contributed by atoms with Crippen molar-refractivity contribution in [1.29, 1.82) is 0 Å². The number of fused-ring (bicyclic) bond motifs is 3. The zero-order chi connectivity index (χ0) is 30.0. The van der Waals surface area contributed by atoms with Crippen molar-refractivity contribution >= 4 is 39.6 Å². The van der Waals surface area contributed by atoms with E-state index in [9.17, 15) is 4.39 Å². The molecule has 0 saturated heterocycles. The fourth-order valence-electron chi connectivity index (χ4n) is 5.00. The van der Waals surface area contributed by atoms with E-state index in [1.165, 1.54) is 16.5 Å². The van der Waals surface area contributed by atoms with Crippen molar-refractivity contribution in [3.8, 4) is 33.6 Å². The van der Waals surface area contributed by atoms with Crippen molar-refractivity contribution in [1.82, 2.24) is 9.97 Å². The minimum Gasteiger partial charge on any atom is 0 e. The van der Waals surface area contributed by atoms with Crippen LogP contribution < -0.4 is 4.40 Å². The summed E-state index contributed by atoms with van der Waals surface area (Å²) in [5.74, 6) is 6.89. The van der Waals surface area contributed by atoms with Gasteiger partial charge in [0.25, 0.3) is 0 Å². The van der Waals surface area contributed by atoms with Crippen molar-refractivity contribution in [3.63, 3.8) is 0 Å². The van der Waals surface area contributed by atoms with Crippen molar-refractivity contribution in [2.45, 2.75) is 24.2 Å². The predicted molar refractivity (Wildman–Crippen MR) is 177 cm³/mol. The molecule has 7 aromatic rings. The normalized spacial score (nSPS) is 11.1. The van der Waals surface area contributed by atoms with Crippen LogP contribution in [0.5, 0.6) is 0 Å². The van der Waals surface area contributed by atoms with E-state index in [1.807, 2.05) is 85.9 Å². The molecule has 3 aromatic heterocycles. The van der Waals surface area contributed by atoms with Gasteiger partial charge in [0, 0.05) is 31.7 Å². The van der Waals surface area contributed by atoms with Crippen molar-refractivity contribution < 1.29 is 28.9 Å². The number of aromatic nitrogens is 2. The quantitative estimate of drug-likeness (QED) is 0.131. The molecule has 0 aliphatic heterocycles. The van der Waals surface area contributed by atoms with Gasteiger partial charge in [-0.05, 0) is 48.0 Å². The van der Waals surface area contributed by atoms with Crippen LogP contribution >= 0.6 is 0 Å². The summed E-state index contributed by atoms with van der Waals surface area (Å²) < 4.78 is 21.2. The fourth-order valence-corrected chi connectivity index (χ4v) is 7.17. The van der Waals surface area contributed by atoms with E-state index in [-0.39, 0.29) is 25.9 Å². The Morgan fingerprint density at radius 1 is 0.727 bits per heavy atom. The van der Waals surface area contributed by atoms with Crippen molar-refractivity contribution in [3.05, 3.63) is 139 Å². The topological polar surface area (TPSA) is 38.9 Å². The van der Waals surface area contributed by atoms with E-state index in [4.69, 9.17) is 4.42 Å². The Balaban J connectivity index is 0.000000194. The van der Waals surface area contributed by atoms with Crippen molar-refractivity contribution in [2.24, 2.45) is 0 Å². The van der Waals surface area contributed by atoms with Crippen LogP contribution in [0, 0.1) is 24.9 Å². The molecule has 7 rings (SSSR count). The van der Waals surface area contributed by atoms with Crippen LogP contribution in [0.15, 0.2) is 120 Å². The smallest absolute Gasteiger partial charge is 0 e. The average Bonchev–Trinajstić information content (AvgIpc) is 3.40. The Kier molecular flexibility index (Phi) is 9.60. The Bertz CT molecular complexity index is 2030. The monoisotopic (exact) mass is 817 g/mol. The average molecular weight is 816 g/mol. The first-order valence-electron chi connectivity index (χ1n) is 14.3. The first-order chi connectivity index (χ1) is 20.8. The van der Waals surface area contributed by atoms with Gasteiger partial charge < -0.3 is 9.40 Å². The summed E-state index contributed by atoms with van der Waals surface area (Å²) in [5.41, 5.74) is 8.16. The van der Waals surface area contributed by atoms with Crippen LogP contribution in [0.25, 0.3) is 55.6 Å². The third-order valence-electron chi connectivity index (χ3n) is 7.38. The molecule has 0 aliphatic rings. The molecule has 6 heteroatoms. The third kappa shape index (κ3) is 6.91. The molecule has 0 fully saturated rings. The number of hydrogen-bond donors (Lipinski definition) is 0. The summed E-state index contributed by atoms with van der Waals surface area (Å²) in [5, 5.41) is 2.04. The van der Waals surface area contributed by atoms with Gasteiger partial charge in [-0.3, -0.25) is 0 Å². The summed E-state index contributed by atoms with van der Waals surface area (Å²) in [4.78, 5) is 9.00. The van der Waals surface area contributed by atoms with Gasteiger partial charge >= 0.3 is 99.8 Å². The molecular weight excluding hydrogens is 784 g/mol. The SMILES string of the molecule is Cc1ccnc(-c2[c-]ccc3c2oc2cc(-c4cccc(F)c4)ccc23)c1.[CH3][Ge]([CH3])([CH3])[c]1ccc(-c2[c-]cccc2)nc1.[Ir]. The van der Waals surface area contributed by atoms with E-state index in [0.717, 1.165) is 61.1 Å². The molecule has 0 amide bonds. The zero-order valence-corrected chi connectivity index (χ0v) is 29.5. The third-order valence-corrected chi connectivity index (χ3v) is 11.6. The number of nitrogens with zero attached hydrogens (tertiary/aromatic N) is 2. The van der Waals surface area contributed by atoms with Gasteiger partial charge in [-0.25, -0.2) is 4.39 Å². The maximum absolute atomic E-state index is 13.6. The van der Waals surface area contributed by atoms with Gasteiger partial charge in [0.05, 0.1) is 5.58 Å². The minimum absolute atomic E-state index is 0. The maximum Gasteiger partial charge on any atom is 0 e. The number of hydrogen-bond acceptors (Lipinski definition) is 3. The van der Waals surface area contributed by atoms with Crippen LogP contribution in [-0.2, 0) is 20.1 Å². The molecular formula is C38H31FGeIrN2O-2. The van der Waals surface area contributed by atoms with Crippen LogP contribution in [0.3, 0.4) is 0 Å². The maximum atomic E-state index is 13.6. The first kappa shape index (κ1) is 31.5. The Hall–Kier alpha value is -3.90. The molecule has 0 bridgehead atoms. The molecule has 4 aromatic carbocycles. The standard InChI is InChI=1S/C24H15FNO.C14H16GeN.Ir/c1-15-10-11-26-22(12-15)21-7-3-6-20-19-9-8-17(14-23(19)27-24(20)21)16-4-2-5-18(25)13-16;1-15(2,3)13-9-10-14(16-11-13)12-7-5-4-6-8-12;/h2-6,8-14H,1H3;4-7,9-11H,1-3H3;/q2*-1;. The second-order valence-electron chi connectivity index (χ2n) is 11.6. The van der Waals surface area contributed by atoms with E-state index >= 15 is 0 Å². The summed E-state index contributed by atoms with van der Waals surface area (Å²) in [6.07, 6.45) is 3.83. The zero-order valence-electron chi connectivity index (χ0n) is 25.0. The number of pyridine rings is 2. The largest absolute Gasteiger partial charge is 0 e. The fraction of sp³-hybridized carbons (Fsp3) is 0.105. The predicted octanol–water partition coefficient (Wildman–Crippen LogP) is 9.65. The van der Waals surface area contributed by atoms with Gasteiger partial charge in [0.15, 0.2) is 0 Å². The number of rotatable bonds is 4. The molecule has 1 radical (unpaired) electrons. The molecule has 0 aliphatic carbocycles. The van der Waals surface area contributed by atoms with E-state index < -0.39 is 13.3 Å². The van der Waals surface area contributed by atoms with Gasteiger partial charge in [0.2, 0.25) is 0 Å². The van der Waals surface area contributed by atoms with E-state index in [1.54, 1.807) is 12.3 Å². The molecule has 0 unspecified atom stereocenters. The molecule has 0 N–H and O–H groups in total. The van der Waals surface area contributed by atoms with Gasteiger partial charge in [0.1, 0.15) is 11.4 Å². The molecule has 3 heterocycles. The van der Waals surface area contributed by atoms with Crippen LogP contribution in [0.1, 0.15) is 5.56 Å². The van der Waals surface area contributed by atoms with Gasteiger partial charge in [-0.2, -0.15) is 0 Å². The second kappa shape index (κ2) is 13.4. The van der Waals surface area contributed by atoms with Crippen LogP contribution in [0.2, 0.25) is 17.3 Å². The Morgan fingerprint density at radius 2 is 1.57 bits per heavy atom. The van der Waals surface area contributed by atoms with Crippen LogP contribution in [-0.4, -0.2) is 23.2 Å². The van der Waals surface area contributed by atoms with Gasteiger partial charge in [-0.15, -0.1) is 18.2 Å². The first-order valence-corrected chi connectivity index (χ1v) is 21.6. The number of furan rings is 1. The van der Waals surface area contributed by atoms with Gasteiger partial charge in [-0.1, -0.05) is 46.8 Å². The minimum atomic E-state index is -1.72. The molecule has 0 spiro atoms. The van der Waals surface area contributed by atoms with E-state index in [2.05, 4.69) is 51.5 Å². The number of benzene rings is 4. The summed E-state index contributed by atoms with van der Waals surface area (Å²) in [7, 11) is 0. The number of halogens is 1. The Labute approximate surface area is 273 Å².